The summed E-state index contributed by atoms with van der Waals surface area (Å²) in [6, 6.07) is 3.56. The van der Waals surface area contributed by atoms with E-state index in [-0.39, 0.29) is 11.8 Å². The summed E-state index contributed by atoms with van der Waals surface area (Å²) in [5.74, 6) is -0.146. The van der Waals surface area contributed by atoms with Crippen LogP contribution < -0.4 is 5.32 Å². The van der Waals surface area contributed by atoms with Crippen LogP contribution >= 0.6 is 34.5 Å². The van der Waals surface area contributed by atoms with Crippen LogP contribution in [0.25, 0.3) is 10.2 Å². The summed E-state index contributed by atoms with van der Waals surface area (Å²) in [6.45, 7) is 3.65. The molecule has 1 amide bonds. The Kier molecular flexibility index (Phi) is 3.56. The van der Waals surface area contributed by atoms with Gasteiger partial charge in [-0.15, -0.1) is 0 Å². The maximum Gasteiger partial charge on any atom is 0.228 e. The first kappa shape index (κ1) is 12.6. The molecular formula is C11H10Cl2N2OS. The van der Waals surface area contributed by atoms with Crippen LogP contribution in [-0.2, 0) is 4.79 Å². The molecule has 0 spiro atoms. The molecule has 2 aromatic rings. The van der Waals surface area contributed by atoms with Gasteiger partial charge in [0.15, 0.2) is 5.13 Å². The highest BCUT2D eigenvalue weighted by Crippen LogP contribution is 2.35. The third-order valence-electron chi connectivity index (χ3n) is 2.21. The number of carbonyl (C=O) groups excluding carboxylic acids is 1. The molecular weight excluding hydrogens is 279 g/mol. The number of carbonyl (C=O) groups is 1. The average molecular weight is 289 g/mol. The van der Waals surface area contributed by atoms with Gasteiger partial charge in [0.1, 0.15) is 5.52 Å². The van der Waals surface area contributed by atoms with Gasteiger partial charge in [0.05, 0.1) is 14.7 Å². The van der Waals surface area contributed by atoms with E-state index in [1.807, 2.05) is 19.9 Å². The molecule has 90 valence electrons. The van der Waals surface area contributed by atoms with E-state index in [2.05, 4.69) is 10.3 Å². The molecule has 0 saturated carbocycles. The number of thiazole rings is 1. The SMILES string of the molecule is CC(C)C(=O)Nc1nc2c(Cl)c(Cl)ccc2s1. The van der Waals surface area contributed by atoms with E-state index in [0.29, 0.717) is 20.7 Å². The largest absolute Gasteiger partial charge is 0.302 e. The third kappa shape index (κ3) is 2.54. The Morgan fingerprint density at radius 2 is 2.12 bits per heavy atom. The molecule has 6 heteroatoms. The van der Waals surface area contributed by atoms with E-state index in [1.54, 1.807) is 6.07 Å². The molecule has 1 aromatic heterocycles. The van der Waals surface area contributed by atoms with Gasteiger partial charge in [0, 0.05) is 5.92 Å². The number of amides is 1. The second kappa shape index (κ2) is 4.80. The first-order chi connectivity index (χ1) is 7.99. The van der Waals surface area contributed by atoms with E-state index in [1.165, 1.54) is 11.3 Å². The van der Waals surface area contributed by atoms with E-state index >= 15 is 0 Å². The van der Waals surface area contributed by atoms with Crippen LogP contribution in [0.1, 0.15) is 13.8 Å². The zero-order chi connectivity index (χ0) is 12.6. The van der Waals surface area contributed by atoms with Gasteiger partial charge in [-0.3, -0.25) is 4.79 Å². The maximum absolute atomic E-state index is 11.5. The van der Waals surface area contributed by atoms with Crippen LogP contribution in [0.5, 0.6) is 0 Å². The molecule has 0 atom stereocenters. The molecule has 0 bridgehead atoms. The number of anilines is 1. The highest BCUT2D eigenvalue weighted by Gasteiger charge is 2.13. The summed E-state index contributed by atoms with van der Waals surface area (Å²) in [6.07, 6.45) is 0. The van der Waals surface area contributed by atoms with Crippen LogP contribution in [0.4, 0.5) is 5.13 Å². The van der Waals surface area contributed by atoms with Crippen molar-refractivity contribution in [1.82, 2.24) is 4.98 Å². The van der Waals surface area contributed by atoms with E-state index in [0.717, 1.165) is 4.70 Å². The lowest BCUT2D eigenvalue weighted by Gasteiger charge is -2.02. The molecule has 1 heterocycles. The number of hydrogen-bond acceptors (Lipinski definition) is 3. The number of fused-ring (bicyclic) bond motifs is 1. The zero-order valence-electron chi connectivity index (χ0n) is 9.25. The fourth-order valence-corrected chi connectivity index (χ4v) is 2.53. The summed E-state index contributed by atoms with van der Waals surface area (Å²) >= 11 is 13.3. The summed E-state index contributed by atoms with van der Waals surface area (Å²) in [5, 5.41) is 4.17. The number of benzene rings is 1. The lowest BCUT2D eigenvalue weighted by Crippen LogP contribution is -2.17. The Labute approximate surface area is 113 Å². The number of rotatable bonds is 2. The number of hydrogen-bond donors (Lipinski definition) is 1. The summed E-state index contributed by atoms with van der Waals surface area (Å²) in [5.41, 5.74) is 0.628. The van der Waals surface area contributed by atoms with E-state index in [9.17, 15) is 4.79 Å². The first-order valence-electron chi connectivity index (χ1n) is 5.04. The van der Waals surface area contributed by atoms with Gasteiger partial charge in [0.2, 0.25) is 5.91 Å². The second-order valence-corrected chi connectivity index (χ2v) is 5.69. The fraction of sp³-hybridized carbons (Fsp3) is 0.273. The predicted octanol–water partition coefficient (Wildman–Crippen LogP) is 4.20. The topological polar surface area (TPSA) is 42.0 Å². The van der Waals surface area contributed by atoms with Crippen molar-refractivity contribution >= 4 is 55.8 Å². The van der Waals surface area contributed by atoms with Gasteiger partial charge in [-0.25, -0.2) is 4.98 Å². The quantitative estimate of drug-likeness (QED) is 0.900. The van der Waals surface area contributed by atoms with Crippen LogP contribution in [-0.4, -0.2) is 10.9 Å². The Morgan fingerprint density at radius 1 is 1.41 bits per heavy atom. The predicted molar refractivity (Wildman–Crippen MR) is 73.1 cm³/mol. The van der Waals surface area contributed by atoms with Crippen LogP contribution in [0.15, 0.2) is 12.1 Å². The molecule has 3 nitrogen and oxygen atoms in total. The lowest BCUT2D eigenvalue weighted by atomic mass is 10.2. The van der Waals surface area contributed by atoms with Crippen molar-refractivity contribution in [1.29, 1.82) is 0 Å². The minimum absolute atomic E-state index is 0.0636. The number of aromatic nitrogens is 1. The van der Waals surface area contributed by atoms with Crippen molar-refractivity contribution < 1.29 is 4.79 Å². The normalized spacial score (nSPS) is 11.1. The third-order valence-corrected chi connectivity index (χ3v) is 3.94. The smallest absolute Gasteiger partial charge is 0.228 e. The van der Waals surface area contributed by atoms with Crippen molar-refractivity contribution in [2.45, 2.75) is 13.8 Å². The van der Waals surface area contributed by atoms with Gasteiger partial charge in [-0.1, -0.05) is 48.4 Å². The number of nitrogens with zero attached hydrogens (tertiary/aromatic N) is 1. The van der Waals surface area contributed by atoms with Crippen molar-refractivity contribution in [2.24, 2.45) is 5.92 Å². The molecule has 0 aliphatic rings. The molecule has 0 saturated heterocycles. The Morgan fingerprint density at radius 3 is 2.76 bits per heavy atom. The average Bonchev–Trinajstić information content (AvgIpc) is 2.67. The summed E-state index contributed by atoms with van der Waals surface area (Å²) < 4.78 is 0.901. The molecule has 2 rings (SSSR count). The molecule has 0 aliphatic heterocycles. The van der Waals surface area contributed by atoms with Gasteiger partial charge in [-0.05, 0) is 12.1 Å². The van der Waals surface area contributed by atoms with E-state index < -0.39 is 0 Å². The standard InChI is InChI=1S/C11H10Cl2N2OS/c1-5(2)10(16)15-11-14-9-7(17-11)4-3-6(12)8(9)13/h3-5H,1-2H3,(H,14,15,16). The first-order valence-corrected chi connectivity index (χ1v) is 6.61. The van der Waals surface area contributed by atoms with E-state index in [4.69, 9.17) is 23.2 Å². The van der Waals surface area contributed by atoms with Crippen molar-refractivity contribution in [3.63, 3.8) is 0 Å². The van der Waals surface area contributed by atoms with Crippen molar-refractivity contribution in [3.05, 3.63) is 22.2 Å². The maximum atomic E-state index is 11.5. The zero-order valence-corrected chi connectivity index (χ0v) is 11.6. The fourth-order valence-electron chi connectivity index (χ4n) is 1.24. The van der Waals surface area contributed by atoms with Gasteiger partial charge in [-0.2, -0.15) is 0 Å². The summed E-state index contributed by atoms with van der Waals surface area (Å²) in [4.78, 5) is 15.8. The summed E-state index contributed by atoms with van der Waals surface area (Å²) in [7, 11) is 0. The minimum atomic E-state index is -0.0823. The molecule has 0 unspecified atom stereocenters. The Hall–Kier alpha value is -0.840. The van der Waals surface area contributed by atoms with Crippen LogP contribution in [0.2, 0.25) is 10.0 Å². The van der Waals surface area contributed by atoms with Gasteiger partial charge >= 0.3 is 0 Å². The van der Waals surface area contributed by atoms with Gasteiger partial charge < -0.3 is 5.32 Å². The minimum Gasteiger partial charge on any atom is -0.302 e. The number of halogens is 2. The monoisotopic (exact) mass is 288 g/mol. The molecule has 17 heavy (non-hydrogen) atoms. The highest BCUT2D eigenvalue weighted by molar-refractivity contribution is 7.22. The molecule has 1 N–H and O–H groups in total. The Bertz CT molecular complexity index is 580. The van der Waals surface area contributed by atoms with Crippen LogP contribution in [0, 0.1) is 5.92 Å². The van der Waals surface area contributed by atoms with Crippen molar-refractivity contribution in [2.75, 3.05) is 5.32 Å². The van der Waals surface area contributed by atoms with Crippen LogP contribution in [0.3, 0.4) is 0 Å². The molecule has 0 aliphatic carbocycles. The Balaban J connectivity index is 2.39. The lowest BCUT2D eigenvalue weighted by molar-refractivity contribution is -0.118. The molecule has 0 fully saturated rings. The second-order valence-electron chi connectivity index (χ2n) is 3.87. The molecule has 0 radical (unpaired) electrons. The molecule has 1 aromatic carbocycles. The number of nitrogens with one attached hydrogen (secondary N) is 1. The van der Waals surface area contributed by atoms with Gasteiger partial charge in [0.25, 0.3) is 0 Å². The van der Waals surface area contributed by atoms with Crippen molar-refractivity contribution in [3.8, 4) is 0 Å². The highest BCUT2D eigenvalue weighted by atomic mass is 35.5.